The van der Waals surface area contributed by atoms with Gasteiger partial charge >= 0.3 is 0 Å². The number of thioether (sulfide) groups is 1. The number of aromatic nitrogens is 2. The first kappa shape index (κ1) is 17.9. The monoisotopic (exact) mass is 367 g/mol. The topological polar surface area (TPSA) is 57.8 Å². The van der Waals surface area contributed by atoms with Gasteiger partial charge in [0.05, 0.1) is 11.9 Å². The predicted octanol–water partition coefficient (Wildman–Crippen LogP) is 4.14. The number of hydrogen-bond donors (Lipinski definition) is 2. The average molecular weight is 367 g/mol. The second kappa shape index (κ2) is 9.01. The number of nitrogens with one attached hydrogen (secondary N) is 2. The summed E-state index contributed by atoms with van der Waals surface area (Å²) in [6, 6.07) is 15.9. The van der Waals surface area contributed by atoms with Crippen molar-refractivity contribution in [3.63, 3.8) is 0 Å². The van der Waals surface area contributed by atoms with Crippen molar-refractivity contribution in [2.24, 2.45) is 0 Å². The second-order valence-corrected chi connectivity index (χ2v) is 6.58. The summed E-state index contributed by atoms with van der Waals surface area (Å²) in [5.41, 5.74) is 2.70. The molecule has 3 aromatic rings. The highest BCUT2D eigenvalue weighted by atomic mass is 32.2. The Bertz CT molecular complexity index is 876. The Hall–Kier alpha value is -2.86. The Labute approximate surface area is 155 Å². The fourth-order valence-electron chi connectivity index (χ4n) is 2.27. The number of hydrogen-bond acceptors (Lipinski definition) is 3. The lowest BCUT2D eigenvalue weighted by Gasteiger charge is -2.01. The summed E-state index contributed by atoms with van der Waals surface area (Å²) in [5, 5.41) is 3.60. The van der Waals surface area contributed by atoms with E-state index in [2.05, 4.69) is 15.3 Å². The molecule has 0 saturated heterocycles. The predicted molar refractivity (Wildman–Crippen MR) is 103 cm³/mol. The maximum absolute atomic E-state index is 13.0. The number of imidazole rings is 1. The third kappa shape index (κ3) is 5.32. The van der Waals surface area contributed by atoms with Gasteiger partial charge in [-0.25, -0.2) is 9.37 Å². The Kier molecular flexibility index (Phi) is 6.22. The summed E-state index contributed by atoms with van der Waals surface area (Å²) in [6.45, 7) is 0.537. The molecule has 3 rings (SSSR count). The van der Waals surface area contributed by atoms with E-state index < -0.39 is 0 Å². The smallest absolute Gasteiger partial charge is 0.244 e. The van der Waals surface area contributed by atoms with Crippen molar-refractivity contribution in [3.8, 4) is 11.3 Å². The molecule has 1 aromatic heterocycles. The number of rotatable bonds is 7. The van der Waals surface area contributed by atoms with Crippen molar-refractivity contribution in [3.05, 3.63) is 78.3 Å². The lowest BCUT2D eigenvalue weighted by atomic mass is 10.2. The first-order chi connectivity index (χ1) is 12.7. The number of aromatic amines is 1. The molecule has 0 aliphatic heterocycles. The molecular formula is C20H18FN3OS. The van der Waals surface area contributed by atoms with Crippen molar-refractivity contribution >= 4 is 23.7 Å². The molecule has 4 nitrogen and oxygen atoms in total. The molecule has 0 saturated carbocycles. The van der Waals surface area contributed by atoms with E-state index in [1.807, 2.05) is 30.3 Å². The fraction of sp³-hybridized carbons (Fsp3) is 0.100. The van der Waals surface area contributed by atoms with Crippen LogP contribution in [0.25, 0.3) is 17.3 Å². The largest absolute Gasteiger partial charge is 0.352 e. The molecule has 0 spiro atoms. The minimum absolute atomic E-state index is 0.124. The Morgan fingerprint density at radius 2 is 1.92 bits per heavy atom. The van der Waals surface area contributed by atoms with Crippen LogP contribution in [0.4, 0.5) is 4.39 Å². The molecule has 0 aliphatic carbocycles. The van der Waals surface area contributed by atoms with E-state index in [4.69, 9.17) is 0 Å². The molecule has 2 aromatic carbocycles. The number of carbonyl (C=O) groups is 1. The lowest BCUT2D eigenvalue weighted by Crippen LogP contribution is -2.23. The maximum Gasteiger partial charge on any atom is 0.244 e. The van der Waals surface area contributed by atoms with Gasteiger partial charge in [0.15, 0.2) is 5.16 Å². The summed E-state index contributed by atoms with van der Waals surface area (Å²) in [6.07, 6.45) is 5.03. The molecular weight excluding hydrogens is 349 g/mol. The van der Waals surface area contributed by atoms with Crippen LogP contribution in [0.1, 0.15) is 5.56 Å². The van der Waals surface area contributed by atoms with E-state index in [9.17, 15) is 9.18 Å². The van der Waals surface area contributed by atoms with Crippen LogP contribution in [0.3, 0.4) is 0 Å². The number of halogens is 1. The summed E-state index contributed by atoms with van der Waals surface area (Å²) >= 11 is 1.52. The molecule has 0 unspecified atom stereocenters. The highest BCUT2D eigenvalue weighted by Gasteiger charge is 2.04. The van der Waals surface area contributed by atoms with Crippen molar-refractivity contribution in [2.75, 3.05) is 12.3 Å². The van der Waals surface area contributed by atoms with E-state index in [1.54, 1.807) is 24.4 Å². The Morgan fingerprint density at radius 3 is 2.69 bits per heavy atom. The number of benzene rings is 2. The van der Waals surface area contributed by atoms with E-state index >= 15 is 0 Å². The van der Waals surface area contributed by atoms with Gasteiger partial charge < -0.3 is 10.3 Å². The van der Waals surface area contributed by atoms with Gasteiger partial charge in [0, 0.05) is 18.4 Å². The van der Waals surface area contributed by atoms with Crippen LogP contribution in [0.5, 0.6) is 0 Å². The molecule has 2 N–H and O–H groups in total. The fourth-order valence-corrected chi connectivity index (χ4v) is 2.98. The Balaban J connectivity index is 1.42. The molecule has 0 atom stereocenters. The molecule has 1 heterocycles. The third-order valence-corrected chi connectivity index (χ3v) is 4.46. The normalized spacial score (nSPS) is 11.0. The summed E-state index contributed by atoms with van der Waals surface area (Å²) < 4.78 is 13.0. The minimum Gasteiger partial charge on any atom is -0.352 e. The standard InChI is InChI=1S/C20H18FN3OS/c21-17-9-7-16(8-10-17)18-14-23-20(24-18)26-13-12-22-19(25)11-6-15-4-2-1-3-5-15/h1-11,14H,12-13H2,(H,22,25)(H,23,24). The van der Waals surface area contributed by atoms with Crippen molar-refractivity contribution in [2.45, 2.75) is 5.16 Å². The van der Waals surface area contributed by atoms with Crippen molar-refractivity contribution < 1.29 is 9.18 Å². The summed E-state index contributed by atoms with van der Waals surface area (Å²) in [4.78, 5) is 19.3. The van der Waals surface area contributed by atoms with E-state index in [0.29, 0.717) is 12.3 Å². The summed E-state index contributed by atoms with van der Waals surface area (Å²) in [7, 11) is 0. The van der Waals surface area contributed by atoms with E-state index in [-0.39, 0.29) is 11.7 Å². The van der Waals surface area contributed by atoms with Crippen LogP contribution in [0, 0.1) is 5.82 Å². The maximum atomic E-state index is 13.0. The quantitative estimate of drug-likeness (QED) is 0.375. The third-order valence-electron chi connectivity index (χ3n) is 3.57. The van der Waals surface area contributed by atoms with Crippen LogP contribution in [-0.2, 0) is 4.79 Å². The van der Waals surface area contributed by atoms with Crippen LogP contribution in [0.2, 0.25) is 0 Å². The molecule has 1 amide bonds. The van der Waals surface area contributed by atoms with Gasteiger partial charge in [-0.05, 0) is 41.5 Å². The lowest BCUT2D eigenvalue weighted by molar-refractivity contribution is -0.116. The number of nitrogens with zero attached hydrogens (tertiary/aromatic N) is 1. The van der Waals surface area contributed by atoms with Gasteiger partial charge in [-0.2, -0.15) is 0 Å². The average Bonchev–Trinajstić information content (AvgIpc) is 3.14. The van der Waals surface area contributed by atoms with Gasteiger partial charge in [-0.15, -0.1) is 0 Å². The molecule has 6 heteroatoms. The van der Waals surface area contributed by atoms with Gasteiger partial charge in [-0.1, -0.05) is 42.1 Å². The zero-order chi connectivity index (χ0) is 18.2. The molecule has 0 aliphatic rings. The number of H-pyrrole nitrogens is 1. The van der Waals surface area contributed by atoms with Gasteiger partial charge in [0.1, 0.15) is 5.82 Å². The van der Waals surface area contributed by atoms with Crippen LogP contribution in [0.15, 0.2) is 72.0 Å². The zero-order valence-corrected chi connectivity index (χ0v) is 14.8. The van der Waals surface area contributed by atoms with Crippen LogP contribution in [-0.4, -0.2) is 28.2 Å². The SMILES string of the molecule is O=C(C=Cc1ccccc1)NCCSc1ncc(-c2ccc(F)cc2)[nH]1. The highest BCUT2D eigenvalue weighted by Crippen LogP contribution is 2.21. The molecule has 26 heavy (non-hydrogen) atoms. The second-order valence-electron chi connectivity index (χ2n) is 5.49. The van der Waals surface area contributed by atoms with Crippen LogP contribution >= 0.6 is 11.8 Å². The minimum atomic E-state index is -0.264. The van der Waals surface area contributed by atoms with Gasteiger partial charge in [0.2, 0.25) is 5.91 Å². The van der Waals surface area contributed by atoms with Crippen molar-refractivity contribution in [1.82, 2.24) is 15.3 Å². The summed E-state index contributed by atoms with van der Waals surface area (Å²) in [5.74, 6) is 0.308. The molecule has 0 radical (unpaired) electrons. The zero-order valence-electron chi connectivity index (χ0n) is 14.0. The first-order valence-electron chi connectivity index (χ1n) is 8.15. The van der Waals surface area contributed by atoms with E-state index in [0.717, 1.165) is 22.0 Å². The van der Waals surface area contributed by atoms with Gasteiger partial charge in [-0.3, -0.25) is 4.79 Å². The molecule has 132 valence electrons. The Morgan fingerprint density at radius 1 is 1.15 bits per heavy atom. The molecule has 0 fully saturated rings. The van der Waals surface area contributed by atoms with Crippen molar-refractivity contribution in [1.29, 1.82) is 0 Å². The number of amides is 1. The van der Waals surface area contributed by atoms with Gasteiger partial charge in [0.25, 0.3) is 0 Å². The number of carbonyl (C=O) groups excluding carboxylic acids is 1. The van der Waals surface area contributed by atoms with Crippen LogP contribution < -0.4 is 5.32 Å². The molecule has 0 bridgehead atoms. The van der Waals surface area contributed by atoms with E-state index in [1.165, 1.54) is 30.0 Å². The highest BCUT2D eigenvalue weighted by molar-refractivity contribution is 7.99. The first-order valence-corrected chi connectivity index (χ1v) is 9.14.